The fraction of sp³-hybridized carbons (Fsp3) is 0.286. The molecule has 1 N–H and O–H groups in total. The Bertz CT molecular complexity index is 1170. The lowest BCUT2D eigenvalue weighted by atomic mass is 9.99. The maximum Gasteiger partial charge on any atom is 0.322 e. The normalized spacial score (nSPS) is 17.2. The van der Waals surface area contributed by atoms with Crippen LogP contribution in [0.5, 0.6) is 0 Å². The molecule has 32 heavy (non-hydrogen) atoms. The van der Waals surface area contributed by atoms with Gasteiger partial charge in [-0.1, -0.05) is 23.3 Å². The maximum absolute atomic E-state index is 13.1. The minimum Gasteiger partial charge on any atom is -0.407 e. The Morgan fingerprint density at radius 3 is 2.66 bits per heavy atom. The molecule has 1 aromatic heterocycles. The summed E-state index contributed by atoms with van der Waals surface area (Å²) >= 11 is 1.53. The van der Waals surface area contributed by atoms with Gasteiger partial charge in [0.25, 0.3) is 0 Å². The number of nitrogens with one attached hydrogen (secondary N) is 1. The number of anilines is 1. The van der Waals surface area contributed by atoms with Crippen molar-refractivity contribution >= 4 is 33.7 Å². The molecule has 2 heterocycles. The molecule has 168 valence electrons. The number of carbonyl (C=O) groups excluding carboxylic acids is 1. The van der Waals surface area contributed by atoms with Crippen LogP contribution in [-0.2, 0) is 20.6 Å². The summed E-state index contributed by atoms with van der Waals surface area (Å²) < 4.78 is 45.6. The molecular formula is C21H21FN4O4S2. The van der Waals surface area contributed by atoms with Crippen molar-refractivity contribution in [3.63, 3.8) is 0 Å². The first-order valence-corrected chi connectivity index (χ1v) is 12.4. The van der Waals surface area contributed by atoms with Crippen LogP contribution in [0.1, 0.15) is 18.7 Å². The van der Waals surface area contributed by atoms with Crippen molar-refractivity contribution in [3.05, 3.63) is 66.3 Å². The number of hydrogen-bond acceptors (Lipinski definition) is 7. The summed E-state index contributed by atoms with van der Waals surface area (Å²) in [6.45, 7) is 0.321. The van der Waals surface area contributed by atoms with Gasteiger partial charge in [-0.2, -0.15) is 4.31 Å². The number of benzene rings is 2. The average Bonchev–Trinajstić information content (AvgIpc) is 3.26. The van der Waals surface area contributed by atoms with E-state index in [0.29, 0.717) is 31.0 Å². The Labute approximate surface area is 189 Å². The number of piperidine rings is 1. The predicted molar refractivity (Wildman–Crippen MR) is 117 cm³/mol. The molecule has 1 saturated heterocycles. The standard InChI is InChI=1S/C21H21FN4O4S2/c22-16-8-10-18(11-9-16)32(28,29)26-12-4-5-15(13-26)20(27)23-21-25-24-19(30-21)14-31-17-6-2-1-3-7-17/h1-3,6-11,15H,4-5,12-14H2,(H,23,25,27)/t15-/m0/s1. The summed E-state index contributed by atoms with van der Waals surface area (Å²) in [5, 5.41) is 10.4. The number of thioether (sulfide) groups is 1. The van der Waals surface area contributed by atoms with E-state index in [1.807, 2.05) is 30.3 Å². The summed E-state index contributed by atoms with van der Waals surface area (Å²) in [5.74, 6) is -0.623. The summed E-state index contributed by atoms with van der Waals surface area (Å²) in [5.41, 5.74) is 0. The second-order valence-electron chi connectivity index (χ2n) is 7.25. The van der Waals surface area contributed by atoms with Crippen molar-refractivity contribution in [3.8, 4) is 0 Å². The summed E-state index contributed by atoms with van der Waals surface area (Å²) in [6.07, 6.45) is 1.06. The number of amides is 1. The fourth-order valence-corrected chi connectivity index (χ4v) is 5.64. The number of hydrogen-bond donors (Lipinski definition) is 1. The Morgan fingerprint density at radius 2 is 1.91 bits per heavy atom. The van der Waals surface area contributed by atoms with E-state index in [9.17, 15) is 17.6 Å². The number of nitrogens with zero attached hydrogens (tertiary/aromatic N) is 3. The van der Waals surface area contributed by atoms with Crippen LogP contribution in [0.15, 0.2) is 68.8 Å². The van der Waals surface area contributed by atoms with E-state index in [1.165, 1.54) is 28.2 Å². The lowest BCUT2D eigenvalue weighted by molar-refractivity contribution is -0.121. The Kier molecular flexibility index (Phi) is 6.87. The molecule has 3 aromatic rings. The Balaban J connectivity index is 1.35. The van der Waals surface area contributed by atoms with E-state index >= 15 is 0 Å². The summed E-state index contributed by atoms with van der Waals surface area (Å²) in [6, 6.07) is 14.4. The van der Waals surface area contributed by atoms with Gasteiger partial charge in [0.05, 0.1) is 16.6 Å². The quantitative estimate of drug-likeness (QED) is 0.520. The van der Waals surface area contributed by atoms with Gasteiger partial charge >= 0.3 is 6.01 Å². The van der Waals surface area contributed by atoms with Crippen LogP contribution in [0, 0.1) is 11.7 Å². The van der Waals surface area contributed by atoms with E-state index in [4.69, 9.17) is 4.42 Å². The highest BCUT2D eigenvalue weighted by Crippen LogP contribution is 2.26. The van der Waals surface area contributed by atoms with Gasteiger partial charge in [0, 0.05) is 18.0 Å². The molecule has 11 heteroatoms. The molecular weight excluding hydrogens is 455 g/mol. The Hall–Kier alpha value is -2.76. The van der Waals surface area contributed by atoms with Crippen LogP contribution in [0.4, 0.5) is 10.4 Å². The molecule has 2 aromatic carbocycles. The number of carbonyl (C=O) groups is 1. The first-order chi connectivity index (χ1) is 15.4. The molecule has 0 bridgehead atoms. The fourth-order valence-electron chi connectivity index (χ4n) is 3.36. The SMILES string of the molecule is O=C(Nc1nnc(CSc2ccccc2)o1)[C@H]1CCCN(S(=O)(=O)c2ccc(F)cc2)C1. The van der Waals surface area contributed by atoms with Crippen molar-refractivity contribution in [1.29, 1.82) is 0 Å². The number of aromatic nitrogens is 2. The van der Waals surface area contributed by atoms with Gasteiger partial charge in [0.15, 0.2) is 0 Å². The van der Waals surface area contributed by atoms with Crippen LogP contribution in [-0.4, -0.2) is 41.9 Å². The van der Waals surface area contributed by atoms with Gasteiger partial charge in [0.2, 0.25) is 21.8 Å². The molecule has 1 atom stereocenters. The monoisotopic (exact) mass is 476 g/mol. The molecule has 1 aliphatic rings. The minimum absolute atomic E-state index is 0.00239. The molecule has 0 aliphatic carbocycles. The van der Waals surface area contributed by atoms with Crippen molar-refractivity contribution < 1.29 is 22.0 Å². The first kappa shape index (κ1) is 22.4. The van der Waals surface area contributed by atoms with E-state index < -0.39 is 21.8 Å². The van der Waals surface area contributed by atoms with Crippen LogP contribution in [0.2, 0.25) is 0 Å². The topological polar surface area (TPSA) is 105 Å². The van der Waals surface area contributed by atoms with Gasteiger partial charge in [0.1, 0.15) is 5.82 Å². The Morgan fingerprint density at radius 1 is 1.16 bits per heavy atom. The van der Waals surface area contributed by atoms with E-state index in [0.717, 1.165) is 17.0 Å². The van der Waals surface area contributed by atoms with Crippen LogP contribution in [0.25, 0.3) is 0 Å². The van der Waals surface area contributed by atoms with Crippen molar-refractivity contribution in [2.24, 2.45) is 5.92 Å². The molecule has 0 unspecified atom stereocenters. The molecule has 8 nitrogen and oxygen atoms in total. The van der Waals surface area contributed by atoms with Gasteiger partial charge in [-0.15, -0.1) is 16.9 Å². The zero-order valence-electron chi connectivity index (χ0n) is 17.0. The summed E-state index contributed by atoms with van der Waals surface area (Å²) in [4.78, 5) is 13.7. The second-order valence-corrected chi connectivity index (χ2v) is 10.2. The van der Waals surface area contributed by atoms with Gasteiger partial charge in [-0.05, 0) is 49.2 Å². The second kappa shape index (κ2) is 9.80. The molecule has 0 radical (unpaired) electrons. The zero-order valence-corrected chi connectivity index (χ0v) is 18.6. The largest absolute Gasteiger partial charge is 0.407 e. The molecule has 1 fully saturated rings. The molecule has 0 saturated carbocycles. The summed E-state index contributed by atoms with van der Waals surface area (Å²) in [7, 11) is -3.82. The number of sulfonamides is 1. The zero-order chi connectivity index (χ0) is 22.6. The number of halogens is 1. The van der Waals surface area contributed by atoms with Crippen molar-refractivity contribution in [1.82, 2.24) is 14.5 Å². The van der Waals surface area contributed by atoms with Crippen LogP contribution < -0.4 is 5.32 Å². The van der Waals surface area contributed by atoms with Crippen molar-refractivity contribution in [2.75, 3.05) is 18.4 Å². The van der Waals surface area contributed by atoms with Crippen LogP contribution >= 0.6 is 11.8 Å². The van der Waals surface area contributed by atoms with E-state index in [-0.39, 0.29) is 23.4 Å². The molecule has 1 aliphatic heterocycles. The number of rotatable bonds is 7. The highest BCUT2D eigenvalue weighted by atomic mass is 32.2. The van der Waals surface area contributed by atoms with Gasteiger partial charge in [-0.25, -0.2) is 12.8 Å². The highest BCUT2D eigenvalue weighted by molar-refractivity contribution is 7.98. The third-order valence-corrected chi connectivity index (χ3v) is 7.88. The molecule has 1 amide bonds. The lowest BCUT2D eigenvalue weighted by Gasteiger charge is -2.30. The van der Waals surface area contributed by atoms with Gasteiger partial charge in [-0.3, -0.25) is 10.1 Å². The van der Waals surface area contributed by atoms with Crippen LogP contribution in [0.3, 0.4) is 0 Å². The average molecular weight is 477 g/mol. The van der Waals surface area contributed by atoms with E-state index in [2.05, 4.69) is 15.5 Å². The molecule has 4 rings (SSSR count). The minimum atomic E-state index is -3.82. The van der Waals surface area contributed by atoms with E-state index in [1.54, 1.807) is 0 Å². The molecule has 0 spiro atoms. The third-order valence-electron chi connectivity index (χ3n) is 5.01. The maximum atomic E-state index is 13.1. The first-order valence-electron chi connectivity index (χ1n) is 9.98. The van der Waals surface area contributed by atoms with Crippen molar-refractivity contribution in [2.45, 2.75) is 28.4 Å². The lowest BCUT2D eigenvalue weighted by Crippen LogP contribution is -2.43. The van der Waals surface area contributed by atoms with Gasteiger partial charge < -0.3 is 4.42 Å². The highest BCUT2D eigenvalue weighted by Gasteiger charge is 2.33. The predicted octanol–water partition coefficient (Wildman–Crippen LogP) is 3.54. The third kappa shape index (κ3) is 5.34. The smallest absolute Gasteiger partial charge is 0.322 e.